The van der Waals surface area contributed by atoms with Gasteiger partial charge < -0.3 is 48.8 Å². The standard InChI is InChI=1S/C26H32N2.C16H13N2.C5H10.CH4.2ClH.Fe.HI/c1-22-9-11-26(12-10-22)28-20-15-25(16-21-28)24-13-18-27(19-14-24)17-5-4-8-23-6-2-3-7-23;1-2-4-16(5-3-1)18-12-8-15(9-13-18)14-6-10-17-11-7-14;1-2-4-5-3-1;;;;;/h9-16,18-21,23H,2-8,17H2,1H3;1-13H;1-5H2;1H4;2*1H;;1H/q+2;+1;;;;;;/p-3. The molecule has 0 saturated heterocycles. The summed E-state index contributed by atoms with van der Waals surface area (Å²) in [6.45, 7) is 3.25. The second kappa shape index (κ2) is 28.3. The summed E-state index contributed by atoms with van der Waals surface area (Å²) in [5.41, 5.74) is 8.57. The Kier molecular flexibility index (Phi) is 25.7. The van der Waals surface area contributed by atoms with E-state index >= 15 is 0 Å². The Labute approximate surface area is 377 Å². The number of hydrogen-bond donors (Lipinski definition) is 0. The molecular weight excluding hydrogens is 886 g/mol. The molecule has 2 aliphatic rings. The van der Waals surface area contributed by atoms with Crippen molar-refractivity contribution >= 4 is 0 Å². The summed E-state index contributed by atoms with van der Waals surface area (Å²) in [7, 11) is 0. The first-order chi connectivity index (χ1) is 25.2. The van der Waals surface area contributed by atoms with Crippen molar-refractivity contribution in [3.8, 4) is 33.6 Å². The smallest absolute Gasteiger partial charge is 0.210 e. The molecule has 6 aromatic rings. The molecule has 0 aliphatic heterocycles. The number of nitrogens with zero attached hydrogens (tertiary/aromatic N) is 4. The van der Waals surface area contributed by atoms with Crippen molar-refractivity contribution in [1.29, 1.82) is 0 Å². The van der Waals surface area contributed by atoms with E-state index in [0.29, 0.717) is 0 Å². The fourth-order valence-corrected chi connectivity index (χ4v) is 7.15. The second-order valence-electron chi connectivity index (χ2n) is 14.1. The fourth-order valence-electron chi connectivity index (χ4n) is 7.15. The molecule has 2 saturated carbocycles. The van der Waals surface area contributed by atoms with Crippen LogP contribution in [0.15, 0.2) is 153 Å². The minimum Gasteiger partial charge on any atom is -1.00 e. The minimum absolute atomic E-state index is 0. The van der Waals surface area contributed by atoms with Gasteiger partial charge in [-0.3, -0.25) is 4.98 Å². The Morgan fingerprint density at radius 1 is 0.518 bits per heavy atom. The quantitative estimate of drug-likeness (QED) is 0.0947. The molecule has 0 bridgehead atoms. The Hall–Kier alpha value is -3.13. The van der Waals surface area contributed by atoms with Crippen molar-refractivity contribution < 1.29 is 79.6 Å². The molecule has 8 heteroatoms. The van der Waals surface area contributed by atoms with Gasteiger partial charge in [-0.2, -0.15) is 9.13 Å². The molecule has 4 heterocycles. The topological polar surface area (TPSA) is 24.5 Å². The Balaban J connectivity index is 0.000000485. The number of pyridine rings is 4. The van der Waals surface area contributed by atoms with Crippen molar-refractivity contribution in [3.05, 3.63) is 158 Å². The van der Waals surface area contributed by atoms with Crippen molar-refractivity contribution in [1.82, 2.24) is 4.98 Å². The number of benzene rings is 2. The Morgan fingerprint density at radius 3 is 1.43 bits per heavy atom. The van der Waals surface area contributed by atoms with E-state index in [1.165, 1.54) is 116 Å². The van der Waals surface area contributed by atoms with Crippen molar-refractivity contribution in [2.45, 2.75) is 97.9 Å². The van der Waals surface area contributed by atoms with Crippen molar-refractivity contribution in [2.24, 2.45) is 5.92 Å². The first-order valence-electron chi connectivity index (χ1n) is 19.3. The van der Waals surface area contributed by atoms with Gasteiger partial charge in [0.2, 0.25) is 11.4 Å². The summed E-state index contributed by atoms with van der Waals surface area (Å²) in [5.74, 6) is 1.02. The van der Waals surface area contributed by atoms with Crippen LogP contribution in [0.2, 0.25) is 0 Å². The van der Waals surface area contributed by atoms with Crippen LogP contribution in [0, 0.1) is 12.8 Å². The molecule has 0 amide bonds. The zero-order chi connectivity index (χ0) is 34.9. The van der Waals surface area contributed by atoms with Gasteiger partial charge in [-0.05, 0) is 53.6 Å². The van der Waals surface area contributed by atoms with Gasteiger partial charge in [0.15, 0.2) is 37.2 Å². The average molecular weight is 946 g/mol. The third-order valence-corrected chi connectivity index (χ3v) is 10.3. The van der Waals surface area contributed by atoms with Crippen LogP contribution in [-0.4, -0.2) is 4.98 Å². The van der Waals surface area contributed by atoms with Crippen LogP contribution >= 0.6 is 0 Å². The average Bonchev–Trinajstić information content (AvgIpc) is 3.97. The van der Waals surface area contributed by atoms with Crippen LogP contribution in [0.4, 0.5) is 0 Å². The van der Waals surface area contributed by atoms with E-state index in [1.54, 1.807) is 0 Å². The van der Waals surface area contributed by atoms with E-state index in [-0.39, 0.29) is 73.3 Å². The van der Waals surface area contributed by atoms with Gasteiger partial charge in [0.1, 0.15) is 6.54 Å². The van der Waals surface area contributed by atoms with Gasteiger partial charge in [0.25, 0.3) is 0 Å². The molecule has 0 unspecified atom stereocenters. The first-order valence-corrected chi connectivity index (χ1v) is 19.3. The summed E-state index contributed by atoms with van der Waals surface area (Å²) in [4.78, 5) is 4.03. The number of halogens is 3. The van der Waals surface area contributed by atoms with Crippen LogP contribution in [0.25, 0.3) is 33.6 Å². The van der Waals surface area contributed by atoms with E-state index < -0.39 is 0 Å². The summed E-state index contributed by atoms with van der Waals surface area (Å²) >= 11 is 0. The number of aryl methyl sites for hydroxylation is 2. The number of unbranched alkanes of at least 4 members (excludes halogenated alkanes) is 1. The molecule has 0 spiro atoms. The summed E-state index contributed by atoms with van der Waals surface area (Å²) < 4.78 is 6.59. The second-order valence-corrected chi connectivity index (χ2v) is 14.1. The number of aromatic nitrogens is 4. The van der Waals surface area contributed by atoms with Crippen LogP contribution in [-0.2, 0) is 23.6 Å². The third kappa shape index (κ3) is 16.4. The molecule has 0 radical (unpaired) electrons. The molecule has 2 aliphatic carbocycles. The largest absolute Gasteiger partial charge is 1.00 e. The van der Waals surface area contributed by atoms with E-state index in [0.717, 1.165) is 12.5 Å². The van der Waals surface area contributed by atoms with Crippen LogP contribution in [0.1, 0.15) is 90.0 Å². The minimum atomic E-state index is 0. The molecule has 2 fully saturated rings. The molecule has 56 heavy (non-hydrogen) atoms. The normalized spacial score (nSPS) is 12.7. The van der Waals surface area contributed by atoms with Crippen LogP contribution in [0.5, 0.6) is 0 Å². The van der Waals surface area contributed by atoms with Gasteiger partial charge in [0, 0.05) is 96.5 Å². The maximum atomic E-state index is 4.03. The van der Waals surface area contributed by atoms with E-state index in [2.05, 4.69) is 136 Å². The number of rotatable bonds is 9. The monoisotopic (exact) mass is 944 g/mol. The molecule has 0 N–H and O–H groups in total. The predicted octanol–water partition coefficient (Wildman–Crippen LogP) is 2.21. The zero-order valence-electron chi connectivity index (χ0n) is 32.0. The zero-order valence-corrected chi connectivity index (χ0v) is 36.8. The molecular formula is C48H59Cl2FeIN4. The summed E-state index contributed by atoms with van der Waals surface area (Å²) in [5, 5.41) is 0. The predicted molar refractivity (Wildman–Crippen MR) is 215 cm³/mol. The number of hydrogen-bond acceptors (Lipinski definition) is 1. The Bertz CT molecular complexity index is 1790. The molecule has 2 aromatic carbocycles. The third-order valence-electron chi connectivity index (χ3n) is 10.3. The summed E-state index contributed by atoms with van der Waals surface area (Å²) in [6, 6.07) is 36.0. The SMILES string of the molecule is C.C1CCCC1.Cc1ccc(-[n+]2ccc(-c3cc[n+](CCCCC4CCCC4)cc3)cc2)cc1.[Cl-].[Cl-].[Fe].[I-].c1ccc(-[n+]2ccc(-c3ccncc3)cc2)cc1. The van der Waals surface area contributed by atoms with Crippen LogP contribution < -0.4 is 62.5 Å². The molecule has 0 atom stereocenters. The van der Waals surface area contributed by atoms with Gasteiger partial charge in [-0.1, -0.05) is 108 Å². The number of para-hydroxylation sites is 1. The molecule has 4 aromatic heterocycles. The summed E-state index contributed by atoms with van der Waals surface area (Å²) in [6.07, 6.45) is 34.0. The van der Waals surface area contributed by atoms with Crippen molar-refractivity contribution in [3.63, 3.8) is 0 Å². The van der Waals surface area contributed by atoms with Crippen molar-refractivity contribution in [2.75, 3.05) is 0 Å². The fraction of sp³-hybridized carbons (Fsp3) is 0.333. The van der Waals surface area contributed by atoms with Gasteiger partial charge in [-0.15, -0.1) is 0 Å². The van der Waals surface area contributed by atoms with E-state index in [9.17, 15) is 0 Å². The van der Waals surface area contributed by atoms with E-state index in [1.807, 2.05) is 42.7 Å². The van der Waals surface area contributed by atoms with Gasteiger partial charge in [-0.25, -0.2) is 4.57 Å². The molecule has 8 rings (SSSR count). The molecule has 4 nitrogen and oxygen atoms in total. The maximum absolute atomic E-state index is 4.03. The van der Waals surface area contributed by atoms with Gasteiger partial charge >= 0.3 is 0 Å². The van der Waals surface area contributed by atoms with E-state index in [4.69, 9.17) is 0 Å². The molecule has 300 valence electrons. The maximum Gasteiger partial charge on any atom is 0.210 e. The van der Waals surface area contributed by atoms with Crippen LogP contribution in [0.3, 0.4) is 0 Å². The first kappa shape index (κ1) is 50.9. The van der Waals surface area contributed by atoms with Gasteiger partial charge in [0.05, 0.1) is 0 Å². The Morgan fingerprint density at radius 2 is 0.946 bits per heavy atom.